The quantitative estimate of drug-likeness (QED) is 0.929. The van der Waals surface area contributed by atoms with Crippen LogP contribution in [0.15, 0.2) is 24.5 Å². The lowest BCUT2D eigenvalue weighted by Crippen LogP contribution is -2.38. The summed E-state index contributed by atoms with van der Waals surface area (Å²) in [4.78, 5) is 8.57. The molecule has 1 atom stereocenters. The van der Waals surface area contributed by atoms with Gasteiger partial charge in [-0.2, -0.15) is 4.31 Å². The third-order valence-corrected chi connectivity index (χ3v) is 5.38. The van der Waals surface area contributed by atoms with E-state index in [-0.39, 0.29) is 6.04 Å². The van der Waals surface area contributed by atoms with Crippen molar-refractivity contribution in [2.45, 2.75) is 25.8 Å². The number of benzene rings is 1. The summed E-state index contributed by atoms with van der Waals surface area (Å²) >= 11 is 0. The van der Waals surface area contributed by atoms with Gasteiger partial charge in [-0.15, -0.1) is 0 Å². The minimum absolute atomic E-state index is 0.00942. The van der Waals surface area contributed by atoms with E-state index in [1.807, 2.05) is 25.1 Å². The maximum Gasteiger partial charge on any atom is 0.211 e. The highest BCUT2D eigenvalue weighted by molar-refractivity contribution is 7.88. The molecule has 1 aliphatic rings. The Morgan fingerprint density at radius 2 is 2.18 bits per heavy atom. The molecular weight excluding hydrogens is 300 g/mol. The Bertz CT molecular complexity index is 791. The van der Waals surface area contributed by atoms with E-state index in [1.165, 1.54) is 12.6 Å². The van der Waals surface area contributed by atoms with Gasteiger partial charge in [-0.25, -0.2) is 18.4 Å². The number of aryl methyl sites for hydroxylation is 1. The van der Waals surface area contributed by atoms with Crippen LogP contribution in [-0.2, 0) is 10.0 Å². The molecule has 3 rings (SSSR count). The van der Waals surface area contributed by atoms with Crippen LogP contribution in [0.2, 0.25) is 0 Å². The maximum absolute atomic E-state index is 11.8. The van der Waals surface area contributed by atoms with Crippen LogP contribution in [-0.4, -0.2) is 48.1 Å². The van der Waals surface area contributed by atoms with Crippen LogP contribution < -0.4 is 5.32 Å². The van der Waals surface area contributed by atoms with E-state index in [0.29, 0.717) is 13.1 Å². The van der Waals surface area contributed by atoms with Crippen molar-refractivity contribution < 1.29 is 8.42 Å². The lowest BCUT2D eigenvalue weighted by Gasteiger charge is -2.22. The van der Waals surface area contributed by atoms with E-state index in [9.17, 15) is 8.42 Å². The molecule has 7 heteroatoms. The van der Waals surface area contributed by atoms with Crippen LogP contribution in [0.1, 0.15) is 18.4 Å². The number of fused-ring (bicyclic) bond motifs is 1. The molecule has 0 bridgehead atoms. The average Bonchev–Trinajstić information content (AvgIpc) is 2.93. The number of rotatable bonds is 4. The van der Waals surface area contributed by atoms with Gasteiger partial charge in [-0.1, -0.05) is 11.6 Å². The lowest BCUT2D eigenvalue weighted by atomic mass is 10.1. The third-order valence-electron chi connectivity index (χ3n) is 4.05. The zero-order valence-electron chi connectivity index (χ0n) is 12.8. The van der Waals surface area contributed by atoms with Gasteiger partial charge in [0, 0.05) is 24.5 Å². The molecule has 1 fully saturated rings. The van der Waals surface area contributed by atoms with Crippen LogP contribution in [0.3, 0.4) is 0 Å². The fourth-order valence-electron chi connectivity index (χ4n) is 2.98. The first-order valence-corrected chi connectivity index (χ1v) is 9.22. The van der Waals surface area contributed by atoms with Crippen molar-refractivity contribution in [3.05, 3.63) is 30.1 Å². The second kappa shape index (κ2) is 5.81. The molecule has 1 saturated heterocycles. The summed E-state index contributed by atoms with van der Waals surface area (Å²) < 4.78 is 25.1. The van der Waals surface area contributed by atoms with Gasteiger partial charge in [-0.05, 0) is 31.9 Å². The number of aromatic nitrogens is 2. The van der Waals surface area contributed by atoms with Crippen LogP contribution >= 0.6 is 0 Å². The third kappa shape index (κ3) is 3.05. The number of nitrogens with zero attached hydrogens (tertiary/aromatic N) is 3. The molecule has 0 unspecified atom stereocenters. The first-order chi connectivity index (χ1) is 10.4. The molecule has 1 N–H and O–H groups in total. The molecule has 2 aromatic rings. The SMILES string of the molecule is Cc1ccc2ncnc(NC[C@H]3CCCN3S(C)(=O)=O)c2c1. The summed E-state index contributed by atoms with van der Waals surface area (Å²) in [5.41, 5.74) is 2.03. The van der Waals surface area contributed by atoms with Gasteiger partial charge in [0.15, 0.2) is 0 Å². The normalized spacial score (nSPS) is 19.6. The fourth-order valence-corrected chi connectivity index (χ4v) is 4.16. The Hall–Kier alpha value is -1.73. The highest BCUT2D eigenvalue weighted by Gasteiger charge is 2.31. The van der Waals surface area contributed by atoms with Gasteiger partial charge >= 0.3 is 0 Å². The number of hydrogen-bond donors (Lipinski definition) is 1. The zero-order valence-corrected chi connectivity index (χ0v) is 13.6. The van der Waals surface area contributed by atoms with Crippen LogP contribution in [0.5, 0.6) is 0 Å². The summed E-state index contributed by atoms with van der Waals surface area (Å²) in [6, 6.07) is 6.02. The molecule has 1 aromatic carbocycles. The molecule has 0 radical (unpaired) electrons. The molecule has 1 aliphatic heterocycles. The van der Waals surface area contributed by atoms with Crippen molar-refractivity contribution in [3.8, 4) is 0 Å². The van der Waals surface area contributed by atoms with E-state index in [1.54, 1.807) is 4.31 Å². The zero-order chi connectivity index (χ0) is 15.7. The Morgan fingerprint density at radius 1 is 1.36 bits per heavy atom. The Labute approximate surface area is 130 Å². The van der Waals surface area contributed by atoms with E-state index in [0.717, 1.165) is 35.1 Å². The van der Waals surface area contributed by atoms with E-state index in [4.69, 9.17) is 0 Å². The fraction of sp³-hybridized carbons (Fsp3) is 0.467. The minimum Gasteiger partial charge on any atom is -0.368 e. The minimum atomic E-state index is -3.14. The molecular formula is C15H20N4O2S. The Morgan fingerprint density at radius 3 is 2.95 bits per heavy atom. The summed E-state index contributed by atoms with van der Waals surface area (Å²) in [5, 5.41) is 4.27. The standard InChI is InChI=1S/C15H20N4O2S/c1-11-5-6-14-13(8-11)15(18-10-17-14)16-9-12-4-3-7-19(12)22(2,20)21/h5-6,8,10,12H,3-4,7,9H2,1-2H3,(H,16,17,18)/t12-/m1/s1. The van der Waals surface area contributed by atoms with Crippen molar-refractivity contribution in [1.29, 1.82) is 0 Å². The smallest absolute Gasteiger partial charge is 0.211 e. The molecule has 0 spiro atoms. The Balaban J connectivity index is 1.81. The molecule has 0 amide bonds. The number of nitrogens with one attached hydrogen (secondary N) is 1. The second-order valence-electron chi connectivity index (χ2n) is 5.79. The van der Waals surface area contributed by atoms with E-state index >= 15 is 0 Å². The number of sulfonamides is 1. The molecule has 22 heavy (non-hydrogen) atoms. The lowest BCUT2D eigenvalue weighted by molar-refractivity contribution is 0.402. The van der Waals surface area contributed by atoms with Gasteiger partial charge in [0.1, 0.15) is 12.1 Å². The highest BCUT2D eigenvalue weighted by Crippen LogP contribution is 2.23. The topological polar surface area (TPSA) is 75.2 Å². The molecule has 6 nitrogen and oxygen atoms in total. The average molecular weight is 320 g/mol. The molecule has 0 saturated carbocycles. The van der Waals surface area contributed by atoms with Crippen molar-refractivity contribution in [2.24, 2.45) is 0 Å². The van der Waals surface area contributed by atoms with Crippen LogP contribution in [0, 0.1) is 6.92 Å². The number of anilines is 1. The summed E-state index contributed by atoms with van der Waals surface area (Å²) in [6.07, 6.45) is 4.59. The van der Waals surface area contributed by atoms with Gasteiger partial charge < -0.3 is 5.32 Å². The summed E-state index contributed by atoms with van der Waals surface area (Å²) in [5.74, 6) is 0.758. The first kappa shape index (κ1) is 15.2. The maximum atomic E-state index is 11.8. The van der Waals surface area contributed by atoms with E-state index < -0.39 is 10.0 Å². The summed E-state index contributed by atoms with van der Waals surface area (Å²) in [6.45, 7) is 3.19. The molecule has 0 aliphatic carbocycles. The first-order valence-electron chi connectivity index (χ1n) is 7.37. The molecule has 2 heterocycles. The predicted octanol–water partition coefficient (Wildman–Crippen LogP) is 1.77. The van der Waals surface area contributed by atoms with Gasteiger partial charge in [0.05, 0.1) is 11.8 Å². The Kier molecular flexibility index (Phi) is 4.01. The van der Waals surface area contributed by atoms with Crippen molar-refractivity contribution >= 4 is 26.7 Å². The van der Waals surface area contributed by atoms with Crippen molar-refractivity contribution in [2.75, 3.05) is 24.7 Å². The molecule has 118 valence electrons. The highest BCUT2D eigenvalue weighted by atomic mass is 32.2. The largest absolute Gasteiger partial charge is 0.368 e. The summed E-state index contributed by atoms with van der Waals surface area (Å²) in [7, 11) is -3.14. The van der Waals surface area contributed by atoms with Crippen molar-refractivity contribution in [3.63, 3.8) is 0 Å². The van der Waals surface area contributed by atoms with Crippen molar-refractivity contribution in [1.82, 2.24) is 14.3 Å². The van der Waals surface area contributed by atoms with Gasteiger partial charge in [0.2, 0.25) is 10.0 Å². The molecule has 1 aromatic heterocycles. The van der Waals surface area contributed by atoms with Crippen LogP contribution in [0.4, 0.5) is 5.82 Å². The van der Waals surface area contributed by atoms with Gasteiger partial charge in [0.25, 0.3) is 0 Å². The number of hydrogen-bond acceptors (Lipinski definition) is 5. The predicted molar refractivity (Wildman–Crippen MR) is 87.3 cm³/mol. The van der Waals surface area contributed by atoms with Gasteiger partial charge in [-0.3, -0.25) is 0 Å². The second-order valence-corrected chi connectivity index (χ2v) is 7.73. The van der Waals surface area contributed by atoms with E-state index in [2.05, 4.69) is 15.3 Å². The monoisotopic (exact) mass is 320 g/mol. The van der Waals surface area contributed by atoms with Crippen LogP contribution in [0.25, 0.3) is 10.9 Å².